The summed E-state index contributed by atoms with van der Waals surface area (Å²) in [6.07, 6.45) is 2.55. The Morgan fingerprint density at radius 2 is 2.00 bits per heavy atom. The van der Waals surface area contributed by atoms with Crippen LogP contribution in [-0.4, -0.2) is 72.2 Å². The minimum absolute atomic E-state index is 0.0173. The Hall–Kier alpha value is -3.70. The highest BCUT2D eigenvalue weighted by molar-refractivity contribution is 7.21. The average molecular weight is 592 g/mol. The van der Waals surface area contributed by atoms with Crippen LogP contribution in [0.2, 0.25) is 0 Å². The number of ketones is 1. The maximum Gasteiger partial charge on any atom is 0.261 e. The standard InChI is InChI=1S/C32H34FN3O5S/c1-21-3-8-27(33)23(15-21)17-24(38)16-22-4-6-25(7-5-22)41-29-9-11-34-28-18-30(42-31(28)29)32(39)35-10-2-12-36-13-14-40-26(19-36)20-37/h3-9,11,15,18,26,37H,2,10,12-14,16-17,19-20H2,1H3,(H,35,39). The molecule has 220 valence electrons. The fourth-order valence-electron chi connectivity index (χ4n) is 4.94. The summed E-state index contributed by atoms with van der Waals surface area (Å²) in [4.78, 5) is 32.6. The number of aromatic nitrogens is 1. The van der Waals surface area contributed by atoms with Crippen LogP contribution in [0.3, 0.4) is 0 Å². The number of amides is 1. The third-order valence-electron chi connectivity index (χ3n) is 7.10. The topological polar surface area (TPSA) is 101 Å². The Bertz CT molecular complexity index is 1540. The summed E-state index contributed by atoms with van der Waals surface area (Å²) in [5, 5.41) is 12.3. The van der Waals surface area contributed by atoms with Crippen LogP contribution in [0.5, 0.6) is 11.5 Å². The highest BCUT2D eigenvalue weighted by atomic mass is 32.1. The Morgan fingerprint density at radius 1 is 1.17 bits per heavy atom. The molecule has 0 aliphatic carbocycles. The minimum atomic E-state index is -0.364. The number of fused-ring (bicyclic) bond motifs is 1. The van der Waals surface area contributed by atoms with Gasteiger partial charge in [0.15, 0.2) is 0 Å². The fourth-order valence-corrected chi connectivity index (χ4v) is 5.92. The number of pyridine rings is 1. The van der Waals surface area contributed by atoms with E-state index in [1.807, 2.05) is 19.1 Å². The predicted molar refractivity (Wildman–Crippen MR) is 160 cm³/mol. The van der Waals surface area contributed by atoms with E-state index in [9.17, 15) is 19.1 Å². The van der Waals surface area contributed by atoms with Gasteiger partial charge in [0.25, 0.3) is 5.91 Å². The van der Waals surface area contributed by atoms with Gasteiger partial charge in [-0.3, -0.25) is 19.5 Å². The van der Waals surface area contributed by atoms with Crippen LogP contribution in [0.15, 0.2) is 60.8 Å². The second-order valence-corrected chi connectivity index (χ2v) is 11.5. The first-order valence-electron chi connectivity index (χ1n) is 14.0. The molecular weight excluding hydrogens is 557 g/mol. The lowest BCUT2D eigenvalue weighted by Crippen LogP contribution is -2.44. The number of carbonyl (C=O) groups is 2. The molecule has 0 radical (unpaired) electrons. The molecule has 8 nitrogen and oxygen atoms in total. The monoisotopic (exact) mass is 591 g/mol. The molecule has 2 aromatic carbocycles. The molecule has 1 aliphatic rings. The number of aliphatic hydroxyl groups is 1. The van der Waals surface area contributed by atoms with Crippen LogP contribution in [0, 0.1) is 12.7 Å². The summed E-state index contributed by atoms with van der Waals surface area (Å²) in [6, 6.07) is 15.6. The van der Waals surface area contributed by atoms with Gasteiger partial charge in [-0.1, -0.05) is 29.8 Å². The van der Waals surface area contributed by atoms with Crippen LogP contribution in [0.4, 0.5) is 4.39 Å². The van der Waals surface area contributed by atoms with E-state index in [0.717, 1.165) is 35.3 Å². The number of ether oxygens (including phenoxy) is 2. The molecule has 0 saturated carbocycles. The number of hydrogen-bond donors (Lipinski definition) is 2. The first kappa shape index (κ1) is 29.8. The highest BCUT2D eigenvalue weighted by Crippen LogP contribution is 2.35. The molecular formula is C32H34FN3O5S. The predicted octanol–water partition coefficient (Wildman–Crippen LogP) is 4.70. The molecule has 2 N–H and O–H groups in total. The lowest BCUT2D eigenvalue weighted by molar-refractivity contribution is -0.117. The molecule has 0 spiro atoms. The largest absolute Gasteiger partial charge is 0.456 e. The number of benzene rings is 2. The van der Waals surface area contributed by atoms with E-state index in [4.69, 9.17) is 9.47 Å². The Morgan fingerprint density at radius 3 is 2.81 bits per heavy atom. The third-order valence-corrected chi connectivity index (χ3v) is 8.24. The van der Waals surface area contributed by atoms with Crippen molar-refractivity contribution < 1.29 is 28.6 Å². The molecule has 1 fully saturated rings. The molecule has 2 aromatic heterocycles. The molecule has 5 rings (SSSR count). The minimum Gasteiger partial charge on any atom is -0.456 e. The van der Waals surface area contributed by atoms with E-state index in [2.05, 4.69) is 15.2 Å². The van der Waals surface area contributed by atoms with Gasteiger partial charge in [0.1, 0.15) is 23.1 Å². The van der Waals surface area contributed by atoms with E-state index in [-0.39, 0.29) is 43.1 Å². The van der Waals surface area contributed by atoms with Crippen molar-refractivity contribution >= 4 is 33.2 Å². The van der Waals surface area contributed by atoms with Crippen molar-refractivity contribution in [3.05, 3.63) is 88.2 Å². The molecule has 3 heterocycles. The maximum absolute atomic E-state index is 14.0. The first-order chi connectivity index (χ1) is 20.4. The molecule has 10 heteroatoms. The van der Waals surface area contributed by atoms with Gasteiger partial charge >= 0.3 is 0 Å². The van der Waals surface area contributed by atoms with Crippen LogP contribution in [-0.2, 0) is 22.4 Å². The molecule has 1 amide bonds. The average Bonchev–Trinajstić information content (AvgIpc) is 3.44. The van der Waals surface area contributed by atoms with Crippen LogP contribution in [0.1, 0.15) is 32.8 Å². The zero-order valence-corrected chi connectivity index (χ0v) is 24.3. The number of rotatable bonds is 12. The number of thiophene rings is 1. The third kappa shape index (κ3) is 7.77. The number of Topliss-reactive ketones (excluding diaryl/α,β-unsaturated/α-hetero) is 1. The van der Waals surface area contributed by atoms with Crippen molar-refractivity contribution in [2.75, 3.05) is 39.4 Å². The summed E-state index contributed by atoms with van der Waals surface area (Å²) in [5.74, 6) is 0.600. The van der Waals surface area contributed by atoms with Crippen LogP contribution in [0.25, 0.3) is 10.2 Å². The van der Waals surface area contributed by atoms with Gasteiger partial charge in [-0.2, -0.15) is 0 Å². The van der Waals surface area contributed by atoms with Crippen molar-refractivity contribution in [2.45, 2.75) is 32.3 Å². The van der Waals surface area contributed by atoms with E-state index in [1.54, 1.807) is 42.6 Å². The number of carbonyl (C=O) groups excluding carboxylic acids is 2. The number of nitrogens with one attached hydrogen (secondary N) is 1. The highest BCUT2D eigenvalue weighted by Gasteiger charge is 2.19. The van der Waals surface area contributed by atoms with Crippen LogP contribution >= 0.6 is 11.3 Å². The van der Waals surface area contributed by atoms with Crippen LogP contribution < -0.4 is 10.1 Å². The number of nitrogens with zero attached hydrogens (tertiary/aromatic N) is 2. The van der Waals surface area contributed by atoms with Gasteiger partial charge in [0, 0.05) is 51.3 Å². The van der Waals surface area contributed by atoms with Crippen molar-refractivity contribution in [3.63, 3.8) is 0 Å². The Kier molecular flexibility index (Phi) is 9.91. The summed E-state index contributed by atoms with van der Waals surface area (Å²) in [7, 11) is 0. The number of aryl methyl sites for hydroxylation is 1. The van der Waals surface area contributed by atoms with Gasteiger partial charge in [0.05, 0.1) is 34.4 Å². The maximum atomic E-state index is 14.0. The fraction of sp³-hybridized carbons (Fsp3) is 0.344. The second kappa shape index (κ2) is 14.0. The van der Waals surface area contributed by atoms with Gasteiger partial charge in [0.2, 0.25) is 0 Å². The van der Waals surface area contributed by atoms with Crippen molar-refractivity contribution in [1.29, 1.82) is 0 Å². The summed E-state index contributed by atoms with van der Waals surface area (Å²) >= 11 is 1.33. The molecule has 42 heavy (non-hydrogen) atoms. The Labute approximate surface area is 248 Å². The van der Waals surface area contributed by atoms with E-state index in [0.29, 0.717) is 47.2 Å². The second-order valence-electron chi connectivity index (χ2n) is 10.5. The number of aliphatic hydroxyl groups excluding tert-OH is 1. The molecule has 1 aliphatic heterocycles. The van der Waals surface area contributed by atoms with Crippen molar-refractivity contribution in [3.8, 4) is 11.5 Å². The van der Waals surface area contributed by atoms with E-state index < -0.39 is 0 Å². The first-order valence-corrected chi connectivity index (χ1v) is 14.8. The van der Waals surface area contributed by atoms with Crippen molar-refractivity contribution in [2.24, 2.45) is 0 Å². The van der Waals surface area contributed by atoms with E-state index in [1.165, 1.54) is 17.4 Å². The SMILES string of the molecule is Cc1ccc(F)c(CC(=O)Cc2ccc(Oc3ccnc4cc(C(=O)NCCCN5CCOC(CO)C5)sc34)cc2)c1. The summed E-state index contributed by atoms with van der Waals surface area (Å²) in [6.45, 7) is 5.39. The van der Waals surface area contributed by atoms with E-state index >= 15 is 0 Å². The van der Waals surface area contributed by atoms with Gasteiger partial charge < -0.3 is 19.9 Å². The molecule has 1 unspecified atom stereocenters. The summed E-state index contributed by atoms with van der Waals surface area (Å²) < 4.78 is 26.4. The quantitative estimate of drug-likeness (QED) is 0.230. The Balaban J connectivity index is 1.14. The molecule has 1 saturated heterocycles. The zero-order chi connectivity index (χ0) is 29.5. The zero-order valence-electron chi connectivity index (χ0n) is 23.5. The van der Waals surface area contributed by atoms with Crippen molar-refractivity contribution in [1.82, 2.24) is 15.2 Å². The number of morpholine rings is 1. The number of halogens is 1. The molecule has 0 bridgehead atoms. The molecule has 4 aromatic rings. The van der Waals surface area contributed by atoms with Gasteiger partial charge in [-0.25, -0.2) is 4.39 Å². The smallest absolute Gasteiger partial charge is 0.261 e. The number of hydrogen-bond acceptors (Lipinski definition) is 8. The normalized spacial score (nSPS) is 15.5. The lowest BCUT2D eigenvalue weighted by atomic mass is 10.0. The summed E-state index contributed by atoms with van der Waals surface area (Å²) in [5.41, 5.74) is 2.83. The molecule has 1 atom stereocenters. The lowest BCUT2D eigenvalue weighted by Gasteiger charge is -2.31. The van der Waals surface area contributed by atoms with Gasteiger partial charge in [-0.15, -0.1) is 11.3 Å². The van der Waals surface area contributed by atoms with Gasteiger partial charge in [-0.05, 0) is 48.7 Å².